The molecule has 0 saturated carbocycles. The number of aromatic nitrogens is 2. The van der Waals surface area contributed by atoms with Crippen molar-refractivity contribution in [2.24, 2.45) is 5.41 Å². The molecule has 0 radical (unpaired) electrons. The number of hydrogen-bond acceptors (Lipinski definition) is 5. The Kier molecular flexibility index (Phi) is 3.23. The van der Waals surface area contributed by atoms with Gasteiger partial charge < -0.3 is 15.1 Å². The molecule has 1 saturated heterocycles. The van der Waals surface area contributed by atoms with Crippen molar-refractivity contribution in [2.45, 2.75) is 13.3 Å². The number of benzene rings is 1. The van der Waals surface area contributed by atoms with Crippen molar-refractivity contribution >= 4 is 11.6 Å². The predicted molar refractivity (Wildman–Crippen MR) is 74.0 cm³/mol. The fraction of sp³-hybridized carbons (Fsp3) is 0.357. The molecule has 3 rings (SSSR count). The van der Waals surface area contributed by atoms with Gasteiger partial charge in [-0.3, -0.25) is 4.79 Å². The minimum Gasteiger partial charge on any atom is -0.423 e. The summed E-state index contributed by atoms with van der Waals surface area (Å²) in [6.07, 6.45) is 2.15. The molecule has 1 aliphatic rings. The second-order valence-electron chi connectivity index (χ2n) is 5.26. The average molecular weight is 272 g/mol. The van der Waals surface area contributed by atoms with Crippen LogP contribution in [0.4, 0.5) is 5.69 Å². The Morgan fingerprint density at radius 1 is 1.40 bits per heavy atom. The smallest absolute Gasteiger partial charge is 0.247 e. The molecule has 6 heteroatoms. The van der Waals surface area contributed by atoms with E-state index in [0.29, 0.717) is 5.89 Å². The number of carbonyl (C=O) groups excluding carboxylic acids is 1. The molecule has 1 atom stereocenters. The van der Waals surface area contributed by atoms with Crippen LogP contribution in [0.25, 0.3) is 11.5 Å². The number of nitrogens with one attached hydrogen (secondary N) is 2. The Morgan fingerprint density at radius 3 is 2.80 bits per heavy atom. The zero-order valence-corrected chi connectivity index (χ0v) is 11.2. The van der Waals surface area contributed by atoms with Gasteiger partial charge in [-0.25, -0.2) is 0 Å². The zero-order chi connectivity index (χ0) is 14.0. The maximum absolute atomic E-state index is 12.3. The van der Waals surface area contributed by atoms with Crippen molar-refractivity contribution in [1.82, 2.24) is 15.5 Å². The average Bonchev–Trinajstić information content (AvgIpc) is 3.11. The summed E-state index contributed by atoms with van der Waals surface area (Å²) in [6.45, 7) is 3.59. The van der Waals surface area contributed by atoms with E-state index in [2.05, 4.69) is 20.8 Å². The Bertz CT molecular complexity index is 586. The summed E-state index contributed by atoms with van der Waals surface area (Å²) in [5, 5.41) is 13.6. The first-order valence-electron chi connectivity index (χ1n) is 6.56. The fourth-order valence-electron chi connectivity index (χ4n) is 2.29. The third-order valence-corrected chi connectivity index (χ3v) is 3.67. The quantitative estimate of drug-likeness (QED) is 0.888. The molecular weight excluding hydrogens is 256 g/mol. The van der Waals surface area contributed by atoms with Crippen LogP contribution in [0.5, 0.6) is 0 Å². The van der Waals surface area contributed by atoms with Gasteiger partial charge in [0, 0.05) is 17.8 Å². The van der Waals surface area contributed by atoms with E-state index in [1.54, 1.807) is 0 Å². The molecule has 2 N–H and O–H groups in total. The fourth-order valence-corrected chi connectivity index (χ4v) is 2.29. The Labute approximate surface area is 116 Å². The van der Waals surface area contributed by atoms with E-state index < -0.39 is 0 Å². The zero-order valence-electron chi connectivity index (χ0n) is 11.2. The summed E-state index contributed by atoms with van der Waals surface area (Å²) in [5.74, 6) is 0.517. The van der Waals surface area contributed by atoms with E-state index >= 15 is 0 Å². The van der Waals surface area contributed by atoms with E-state index in [1.807, 2.05) is 31.2 Å². The molecule has 6 nitrogen and oxygen atoms in total. The van der Waals surface area contributed by atoms with E-state index in [0.717, 1.165) is 30.8 Å². The maximum Gasteiger partial charge on any atom is 0.247 e. The summed E-state index contributed by atoms with van der Waals surface area (Å²) in [6, 6.07) is 7.36. The minimum atomic E-state index is -0.328. The van der Waals surface area contributed by atoms with Crippen molar-refractivity contribution < 1.29 is 9.21 Å². The first-order chi connectivity index (χ1) is 9.67. The third-order valence-electron chi connectivity index (χ3n) is 3.67. The molecular formula is C14H16N4O2. The normalized spacial score (nSPS) is 21.9. The maximum atomic E-state index is 12.3. The number of rotatable bonds is 3. The number of amides is 1. The van der Waals surface area contributed by atoms with Crippen LogP contribution >= 0.6 is 0 Å². The molecule has 0 aliphatic carbocycles. The molecule has 1 fully saturated rings. The van der Waals surface area contributed by atoms with Gasteiger partial charge in [-0.05, 0) is 44.2 Å². The highest BCUT2D eigenvalue weighted by Crippen LogP contribution is 2.27. The van der Waals surface area contributed by atoms with Gasteiger partial charge >= 0.3 is 0 Å². The summed E-state index contributed by atoms with van der Waals surface area (Å²) >= 11 is 0. The largest absolute Gasteiger partial charge is 0.423 e. The van der Waals surface area contributed by atoms with Crippen molar-refractivity contribution in [2.75, 3.05) is 18.4 Å². The van der Waals surface area contributed by atoms with Crippen LogP contribution in [0, 0.1) is 5.41 Å². The van der Waals surface area contributed by atoms with Gasteiger partial charge in [-0.15, -0.1) is 10.2 Å². The van der Waals surface area contributed by atoms with Crippen LogP contribution < -0.4 is 10.6 Å². The van der Waals surface area contributed by atoms with Crippen molar-refractivity contribution in [1.29, 1.82) is 0 Å². The van der Waals surface area contributed by atoms with Crippen molar-refractivity contribution in [3.05, 3.63) is 30.7 Å². The molecule has 104 valence electrons. The first-order valence-corrected chi connectivity index (χ1v) is 6.56. The highest BCUT2D eigenvalue weighted by atomic mass is 16.4. The second kappa shape index (κ2) is 5.05. The van der Waals surface area contributed by atoms with Gasteiger partial charge in [-0.2, -0.15) is 0 Å². The Hall–Kier alpha value is -2.21. The number of hydrogen-bond donors (Lipinski definition) is 2. The Morgan fingerprint density at radius 2 is 2.20 bits per heavy atom. The molecule has 1 aliphatic heterocycles. The SMILES string of the molecule is CC1(C(=O)Nc2ccc(-c3nnco3)cc2)CCNC1. The van der Waals surface area contributed by atoms with Crippen LogP contribution in [0.1, 0.15) is 13.3 Å². The van der Waals surface area contributed by atoms with Gasteiger partial charge in [0.15, 0.2) is 0 Å². The summed E-state index contributed by atoms with van der Waals surface area (Å²) in [5.41, 5.74) is 1.27. The molecule has 1 aromatic carbocycles. The van der Waals surface area contributed by atoms with Crippen LogP contribution in [0.15, 0.2) is 35.1 Å². The standard InChI is InChI=1S/C14H16N4O2/c1-14(6-7-15-8-14)13(19)17-11-4-2-10(3-5-11)12-18-16-9-20-12/h2-5,9,15H,6-8H2,1H3,(H,17,19). The van der Waals surface area contributed by atoms with Gasteiger partial charge in [0.2, 0.25) is 18.2 Å². The van der Waals surface area contributed by atoms with Crippen LogP contribution in [-0.2, 0) is 4.79 Å². The molecule has 0 bridgehead atoms. The summed E-state index contributed by atoms with van der Waals surface area (Å²) in [7, 11) is 0. The molecule has 1 amide bonds. The van der Waals surface area contributed by atoms with Gasteiger partial charge in [-0.1, -0.05) is 0 Å². The first kappa shape index (κ1) is 12.8. The monoisotopic (exact) mass is 272 g/mol. The number of carbonyl (C=O) groups is 1. The molecule has 1 unspecified atom stereocenters. The minimum absolute atomic E-state index is 0.0491. The lowest BCUT2D eigenvalue weighted by molar-refractivity contribution is -0.123. The van der Waals surface area contributed by atoms with Crippen molar-refractivity contribution in [3.8, 4) is 11.5 Å². The van der Waals surface area contributed by atoms with Gasteiger partial charge in [0.05, 0.1) is 5.41 Å². The summed E-state index contributed by atoms with van der Waals surface area (Å²) < 4.78 is 5.12. The lowest BCUT2D eigenvalue weighted by Crippen LogP contribution is -2.35. The highest BCUT2D eigenvalue weighted by molar-refractivity contribution is 5.95. The van der Waals surface area contributed by atoms with Crippen LogP contribution in [0.2, 0.25) is 0 Å². The molecule has 0 spiro atoms. The predicted octanol–water partition coefficient (Wildman–Crippen LogP) is 1.67. The second-order valence-corrected chi connectivity index (χ2v) is 5.26. The molecule has 1 aromatic heterocycles. The van der Waals surface area contributed by atoms with Crippen LogP contribution in [-0.4, -0.2) is 29.2 Å². The van der Waals surface area contributed by atoms with E-state index in [4.69, 9.17) is 4.42 Å². The highest BCUT2D eigenvalue weighted by Gasteiger charge is 2.36. The molecule has 2 heterocycles. The molecule has 2 aromatic rings. The van der Waals surface area contributed by atoms with Gasteiger partial charge in [0.25, 0.3) is 0 Å². The number of anilines is 1. The van der Waals surface area contributed by atoms with E-state index in [9.17, 15) is 4.79 Å². The lowest BCUT2D eigenvalue weighted by atomic mass is 9.89. The van der Waals surface area contributed by atoms with E-state index in [1.165, 1.54) is 6.39 Å². The van der Waals surface area contributed by atoms with Gasteiger partial charge in [0.1, 0.15) is 0 Å². The summed E-state index contributed by atoms with van der Waals surface area (Å²) in [4.78, 5) is 12.3. The Balaban J connectivity index is 1.71. The molecule has 20 heavy (non-hydrogen) atoms. The van der Waals surface area contributed by atoms with Crippen LogP contribution in [0.3, 0.4) is 0 Å². The van der Waals surface area contributed by atoms with E-state index in [-0.39, 0.29) is 11.3 Å². The topological polar surface area (TPSA) is 80.1 Å². The number of nitrogens with zero attached hydrogens (tertiary/aromatic N) is 2. The lowest BCUT2D eigenvalue weighted by Gasteiger charge is -2.21. The third kappa shape index (κ3) is 2.42. The van der Waals surface area contributed by atoms with Crippen molar-refractivity contribution in [3.63, 3.8) is 0 Å².